The molecule has 1 aliphatic heterocycles. The standard InChI is InChI=1S/C11H12ClFN4O3/c1-11(13)7(19)5(2-18)20-10(11)17-4-16-6-8(12)14-3-15-9(6)17/h3-5,7,10,18-19H,2H2,1H3. The normalized spacial score (nSPS) is 34.0. The van der Waals surface area contributed by atoms with Crippen LogP contribution in [0.1, 0.15) is 13.2 Å². The number of nitrogens with zero attached hydrogens (tertiary/aromatic N) is 4. The van der Waals surface area contributed by atoms with E-state index in [0.29, 0.717) is 11.2 Å². The molecule has 9 heteroatoms. The van der Waals surface area contributed by atoms with E-state index < -0.39 is 30.7 Å². The number of hydrogen-bond acceptors (Lipinski definition) is 6. The van der Waals surface area contributed by atoms with E-state index in [-0.39, 0.29) is 5.15 Å². The Balaban J connectivity index is 2.10. The maximum atomic E-state index is 14.7. The molecule has 4 atom stereocenters. The number of aliphatic hydroxyl groups excluding tert-OH is 2. The summed E-state index contributed by atoms with van der Waals surface area (Å²) >= 11 is 5.88. The topological polar surface area (TPSA) is 93.3 Å². The lowest BCUT2D eigenvalue weighted by Gasteiger charge is -2.24. The Morgan fingerprint density at radius 2 is 2.25 bits per heavy atom. The second-order valence-electron chi connectivity index (χ2n) is 4.79. The van der Waals surface area contributed by atoms with Crippen molar-refractivity contribution in [2.45, 2.75) is 31.0 Å². The van der Waals surface area contributed by atoms with E-state index in [1.54, 1.807) is 0 Å². The van der Waals surface area contributed by atoms with Crippen molar-refractivity contribution in [3.8, 4) is 0 Å². The third-order valence-electron chi connectivity index (χ3n) is 3.46. The van der Waals surface area contributed by atoms with Crippen molar-refractivity contribution in [2.75, 3.05) is 6.61 Å². The highest BCUT2D eigenvalue weighted by molar-refractivity contribution is 6.33. The number of alkyl halides is 1. The molecule has 0 aromatic carbocycles. The van der Waals surface area contributed by atoms with Gasteiger partial charge in [0, 0.05) is 0 Å². The number of rotatable bonds is 2. The Hall–Kier alpha value is -1.35. The number of aromatic nitrogens is 4. The van der Waals surface area contributed by atoms with E-state index in [1.807, 2.05) is 0 Å². The first-order valence-electron chi connectivity index (χ1n) is 5.93. The van der Waals surface area contributed by atoms with Gasteiger partial charge in [0.2, 0.25) is 0 Å². The molecule has 108 valence electrons. The Bertz CT molecular complexity index is 650. The predicted octanol–water partition coefficient (Wildman–Crippen LogP) is 0.458. The molecule has 3 rings (SSSR count). The van der Waals surface area contributed by atoms with Gasteiger partial charge in [0.1, 0.15) is 24.1 Å². The molecule has 1 saturated heterocycles. The summed E-state index contributed by atoms with van der Waals surface area (Å²) in [5, 5.41) is 19.1. The molecular weight excluding hydrogens is 291 g/mol. The van der Waals surface area contributed by atoms with Gasteiger partial charge in [-0.2, -0.15) is 0 Å². The first-order chi connectivity index (χ1) is 9.46. The second kappa shape index (κ2) is 4.59. The van der Waals surface area contributed by atoms with Crippen LogP contribution in [0.4, 0.5) is 4.39 Å². The molecule has 7 nitrogen and oxygen atoms in total. The molecule has 3 heterocycles. The monoisotopic (exact) mass is 302 g/mol. The zero-order valence-corrected chi connectivity index (χ0v) is 11.2. The minimum Gasteiger partial charge on any atom is -0.394 e. The largest absolute Gasteiger partial charge is 0.394 e. The number of hydrogen-bond donors (Lipinski definition) is 2. The molecule has 2 N–H and O–H groups in total. The molecule has 0 amide bonds. The van der Waals surface area contributed by atoms with Crippen LogP contribution >= 0.6 is 11.6 Å². The van der Waals surface area contributed by atoms with Crippen LogP contribution in [0.25, 0.3) is 11.2 Å². The third-order valence-corrected chi connectivity index (χ3v) is 3.74. The van der Waals surface area contributed by atoms with Gasteiger partial charge in [-0.25, -0.2) is 19.3 Å². The van der Waals surface area contributed by atoms with Crippen molar-refractivity contribution in [1.82, 2.24) is 19.5 Å². The van der Waals surface area contributed by atoms with E-state index in [9.17, 15) is 9.50 Å². The van der Waals surface area contributed by atoms with Gasteiger partial charge < -0.3 is 14.9 Å². The quantitative estimate of drug-likeness (QED) is 0.783. The van der Waals surface area contributed by atoms with Crippen molar-refractivity contribution in [1.29, 1.82) is 0 Å². The van der Waals surface area contributed by atoms with E-state index in [4.69, 9.17) is 21.4 Å². The second-order valence-corrected chi connectivity index (χ2v) is 5.15. The Morgan fingerprint density at radius 1 is 1.50 bits per heavy atom. The smallest absolute Gasteiger partial charge is 0.181 e. The van der Waals surface area contributed by atoms with Gasteiger partial charge in [0.25, 0.3) is 0 Å². The summed E-state index contributed by atoms with van der Waals surface area (Å²) in [5.74, 6) is 0. The fourth-order valence-corrected chi connectivity index (χ4v) is 2.53. The molecule has 0 radical (unpaired) electrons. The summed E-state index contributed by atoms with van der Waals surface area (Å²) in [6, 6.07) is 0. The highest BCUT2D eigenvalue weighted by Gasteiger charge is 2.55. The van der Waals surface area contributed by atoms with Crippen LogP contribution in [0.2, 0.25) is 5.15 Å². The number of ether oxygens (including phenoxy) is 1. The fourth-order valence-electron chi connectivity index (χ4n) is 2.36. The van der Waals surface area contributed by atoms with Crippen LogP contribution in [0.15, 0.2) is 12.7 Å². The number of aliphatic hydroxyl groups is 2. The fraction of sp³-hybridized carbons (Fsp3) is 0.545. The first-order valence-corrected chi connectivity index (χ1v) is 6.31. The highest BCUT2D eigenvalue weighted by Crippen LogP contribution is 2.42. The molecule has 4 unspecified atom stereocenters. The van der Waals surface area contributed by atoms with Crippen LogP contribution in [-0.4, -0.2) is 54.2 Å². The molecule has 1 aliphatic rings. The summed E-state index contributed by atoms with van der Waals surface area (Å²) in [5.41, 5.74) is -1.49. The molecule has 0 saturated carbocycles. The van der Waals surface area contributed by atoms with Gasteiger partial charge >= 0.3 is 0 Å². The molecule has 2 aromatic rings. The van der Waals surface area contributed by atoms with Crippen molar-refractivity contribution < 1.29 is 19.3 Å². The van der Waals surface area contributed by atoms with Crippen molar-refractivity contribution in [2.24, 2.45) is 0 Å². The van der Waals surface area contributed by atoms with Gasteiger partial charge in [-0.15, -0.1) is 0 Å². The summed E-state index contributed by atoms with van der Waals surface area (Å²) < 4.78 is 21.4. The Labute approximate surface area is 118 Å². The molecule has 20 heavy (non-hydrogen) atoms. The average Bonchev–Trinajstić information content (AvgIpc) is 2.92. The predicted molar refractivity (Wildman–Crippen MR) is 66.8 cm³/mol. The maximum absolute atomic E-state index is 14.7. The minimum atomic E-state index is -2.10. The van der Waals surface area contributed by atoms with Gasteiger partial charge in [-0.05, 0) is 6.92 Å². The number of imidazole rings is 1. The molecule has 2 aromatic heterocycles. The lowest BCUT2D eigenvalue weighted by Crippen LogP contribution is -2.40. The molecule has 0 aliphatic carbocycles. The van der Waals surface area contributed by atoms with Crippen LogP contribution in [0, 0.1) is 0 Å². The van der Waals surface area contributed by atoms with Crippen LogP contribution < -0.4 is 0 Å². The SMILES string of the molecule is CC1(F)C(O)C(CO)OC1n1cnc2c(Cl)ncnc21. The van der Waals surface area contributed by atoms with Gasteiger partial charge in [-0.1, -0.05) is 11.6 Å². The Morgan fingerprint density at radius 3 is 2.90 bits per heavy atom. The zero-order valence-electron chi connectivity index (χ0n) is 10.4. The summed E-state index contributed by atoms with van der Waals surface area (Å²) in [4.78, 5) is 11.8. The maximum Gasteiger partial charge on any atom is 0.181 e. The van der Waals surface area contributed by atoms with Gasteiger partial charge in [0.15, 0.2) is 22.7 Å². The molecule has 0 bridgehead atoms. The van der Waals surface area contributed by atoms with Gasteiger partial charge in [0.05, 0.1) is 12.9 Å². The van der Waals surface area contributed by atoms with Crippen LogP contribution in [0.3, 0.4) is 0 Å². The summed E-state index contributed by atoms with van der Waals surface area (Å²) in [7, 11) is 0. The summed E-state index contributed by atoms with van der Waals surface area (Å²) in [6.45, 7) is 0.714. The van der Waals surface area contributed by atoms with E-state index in [1.165, 1.54) is 24.1 Å². The highest BCUT2D eigenvalue weighted by atomic mass is 35.5. The summed E-state index contributed by atoms with van der Waals surface area (Å²) in [6.07, 6.45) is -1.07. The van der Waals surface area contributed by atoms with Gasteiger partial charge in [-0.3, -0.25) is 4.57 Å². The van der Waals surface area contributed by atoms with Crippen LogP contribution in [-0.2, 0) is 4.74 Å². The first kappa shape index (κ1) is 13.6. The lowest BCUT2D eigenvalue weighted by atomic mass is 9.99. The van der Waals surface area contributed by atoms with Crippen molar-refractivity contribution >= 4 is 22.8 Å². The van der Waals surface area contributed by atoms with Crippen LogP contribution in [0.5, 0.6) is 0 Å². The van der Waals surface area contributed by atoms with E-state index in [0.717, 1.165) is 0 Å². The molecular formula is C11H12ClFN4O3. The lowest BCUT2D eigenvalue weighted by molar-refractivity contribution is -0.0566. The average molecular weight is 303 g/mol. The minimum absolute atomic E-state index is 0.145. The number of halogens is 2. The third kappa shape index (κ3) is 1.80. The Kier molecular flexibility index (Phi) is 3.13. The van der Waals surface area contributed by atoms with E-state index >= 15 is 0 Å². The zero-order chi connectivity index (χ0) is 14.5. The molecule has 0 spiro atoms. The van der Waals surface area contributed by atoms with E-state index in [2.05, 4.69) is 15.0 Å². The molecule has 1 fully saturated rings. The van der Waals surface area contributed by atoms with Crippen molar-refractivity contribution in [3.05, 3.63) is 17.8 Å². The number of fused-ring (bicyclic) bond motifs is 1. The van der Waals surface area contributed by atoms with Crippen molar-refractivity contribution in [3.63, 3.8) is 0 Å².